The molecule has 23 heavy (non-hydrogen) atoms. The van der Waals surface area contributed by atoms with E-state index in [1.165, 1.54) is 0 Å². The number of benzene rings is 1. The molecule has 0 radical (unpaired) electrons. The van der Waals surface area contributed by atoms with E-state index in [1.54, 1.807) is 17.0 Å². The average molecular weight is 337 g/mol. The van der Waals surface area contributed by atoms with Crippen LogP contribution >= 0.6 is 11.6 Å². The minimum absolute atomic E-state index is 0.0223. The topological polar surface area (TPSA) is 49.9 Å². The molecular weight excluding hydrogens is 316 g/mol. The molecule has 2 amide bonds. The first-order chi connectivity index (χ1) is 11.1. The van der Waals surface area contributed by atoms with Crippen LogP contribution in [-0.4, -0.2) is 49.1 Å². The molecule has 0 spiro atoms. The van der Waals surface area contributed by atoms with Gasteiger partial charge >= 0.3 is 0 Å². The minimum Gasteiger partial charge on any atom is -0.375 e. The molecule has 1 aromatic rings. The summed E-state index contributed by atoms with van der Waals surface area (Å²) in [5.74, 6) is -0.243. The number of halogens is 1. The number of carbonyl (C=O) groups is 2. The van der Waals surface area contributed by atoms with Gasteiger partial charge in [0.1, 0.15) is 0 Å². The molecule has 3 rings (SSSR count). The van der Waals surface area contributed by atoms with Crippen molar-refractivity contribution < 1.29 is 14.3 Å². The molecule has 0 aromatic heterocycles. The predicted octanol–water partition coefficient (Wildman–Crippen LogP) is 2.33. The number of carbonyl (C=O) groups excluding carboxylic acids is 2. The Morgan fingerprint density at radius 2 is 2.22 bits per heavy atom. The van der Waals surface area contributed by atoms with Crippen LogP contribution in [0.5, 0.6) is 0 Å². The quantitative estimate of drug-likeness (QED) is 0.851. The lowest BCUT2D eigenvalue weighted by Gasteiger charge is -2.34. The molecule has 0 saturated carbocycles. The Morgan fingerprint density at radius 3 is 2.96 bits per heavy atom. The third-order valence-electron chi connectivity index (χ3n) is 4.50. The van der Waals surface area contributed by atoms with Crippen molar-refractivity contribution in [1.29, 1.82) is 0 Å². The average Bonchev–Trinajstić information content (AvgIpc) is 2.96. The number of nitrogens with zero attached hydrogens (tertiary/aromatic N) is 2. The Kier molecular flexibility index (Phi) is 4.87. The molecule has 2 heterocycles. The Hall–Kier alpha value is -1.59. The third-order valence-corrected chi connectivity index (χ3v) is 4.74. The van der Waals surface area contributed by atoms with Crippen LogP contribution in [0.4, 0.5) is 5.69 Å². The zero-order chi connectivity index (χ0) is 16.4. The van der Waals surface area contributed by atoms with Crippen molar-refractivity contribution in [3.8, 4) is 0 Å². The maximum absolute atomic E-state index is 12.7. The van der Waals surface area contributed by atoms with E-state index in [9.17, 15) is 9.59 Å². The summed E-state index contributed by atoms with van der Waals surface area (Å²) in [6.07, 6.45) is 1.26. The Bertz CT molecular complexity index is 607. The maximum Gasteiger partial charge on any atom is 0.228 e. The molecule has 124 valence electrons. The van der Waals surface area contributed by atoms with Crippen LogP contribution in [0.3, 0.4) is 0 Å². The van der Waals surface area contributed by atoms with Crippen LogP contribution in [0.25, 0.3) is 0 Å². The van der Waals surface area contributed by atoms with Gasteiger partial charge in [-0.15, -0.1) is 0 Å². The zero-order valence-electron chi connectivity index (χ0n) is 13.2. The van der Waals surface area contributed by atoms with E-state index in [0.717, 1.165) is 12.1 Å². The molecule has 1 aromatic carbocycles. The first-order valence-electron chi connectivity index (χ1n) is 8.04. The minimum atomic E-state index is -0.280. The van der Waals surface area contributed by atoms with Crippen molar-refractivity contribution in [3.63, 3.8) is 0 Å². The molecular formula is C17H21ClN2O3. The Balaban J connectivity index is 1.68. The molecule has 6 heteroatoms. The lowest BCUT2D eigenvalue weighted by Crippen LogP contribution is -2.48. The van der Waals surface area contributed by atoms with E-state index in [2.05, 4.69) is 6.92 Å². The van der Waals surface area contributed by atoms with Gasteiger partial charge in [0.2, 0.25) is 11.8 Å². The highest BCUT2D eigenvalue weighted by Crippen LogP contribution is 2.28. The summed E-state index contributed by atoms with van der Waals surface area (Å²) < 4.78 is 5.61. The summed E-state index contributed by atoms with van der Waals surface area (Å²) in [6, 6.07) is 7.19. The van der Waals surface area contributed by atoms with Crippen molar-refractivity contribution in [2.24, 2.45) is 5.92 Å². The number of rotatable bonds is 3. The molecule has 2 atom stereocenters. The summed E-state index contributed by atoms with van der Waals surface area (Å²) in [7, 11) is 0. The highest BCUT2D eigenvalue weighted by atomic mass is 35.5. The summed E-state index contributed by atoms with van der Waals surface area (Å²) in [6.45, 7) is 4.28. The molecule has 2 saturated heterocycles. The number of amides is 2. The number of hydrogen-bond donors (Lipinski definition) is 0. The molecule has 0 aliphatic carbocycles. The Labute approximate surface area is 141 Å². The smallest absolute Gasteiger partial charge is 0.228 e. The predicted molar refractivity (Wildman–Crippen MR) is 88.5 cm³/mol. The second-order valence-electron chi connectivity index (χ2n) is 6.07. The van der Waals surface area contributed by atoms with E-state index in [1.807, 2.05) is 17.0 Å². The zero-order valence-corrected chi connectivity index (χ0v) is 14.0. The van der Waals surface area contributed by atoms with E-state index in [0.29, 0.717) is 31.3 Å². The highest BCUT2D eigenvalue weighted by Gasteiger charge is 2.38. The van der Waals surface area contributed by atoms with Crippen molar-refractivity contribution in [2.45, 2.75) is 25.9 Å². The van der Waals surface area contributed by atoms with Crippen molar-refractivity contribution in [1.82, 2.24) is 4.90 Å². The molecule has 2 aliphatic heterocycles. The van der Waals surface area contributed by atoms with Crippen molar-refractivity contribution in [3.05, 3.63) is 29.3 Å². The van der Waals surface area contributed by atoms with Crippen molar-refractivity contribution >= 4 is 29.1 Å². The van der Waals surface area contributed by atoms with Crippen LogP contribution in [0.2, 0.25) is 5.02 Å². The SMILES string of the molecule is CCC1CN(C(=O)C2CC(=O)N(c3cccc(Cl)c3)C2)CCO1. The molecule has 2 unspecified atom stereocenters. The molecule has 2 fully saturated rings. The van der Waals surface area contributed by atoms with Gasteiger partial charge in [0.25, 0.3) is 0 Å². The van der Waals surface area contributed by atoms with E-state index in [4.69, 9.17) is 16.3 Å². The van der Waals surface area contributed by atoms with Gasteiger partial charge in [0.05, 0.1) is 18.6 Å². The van der Waals surface area contributed by atoms with Gasteiger partial charge in [0, 0.05) is 36.8 Å². The number of anilines is 1. The lowest BCUT2D eigenvalue weighted by atomic mass is 10.1. The molecule has 5 nitrogen and oxygen atoms in total. The van der Waals surface area contributed by atoms with Gasteiger partial charge in [-0.3, -0.25) is 9.59 Å². The molecule has 0 bridgehead atoms. The van der Waals surface area contributed by atoms with Gasteiger partial charge in [0.15, 0.2) is 0 Å². The van der Waals surface area contributed by atoms with Gasteiger partial charge in [-0.2, -0.15) is 0 Å². The highest BCUT2D eigenvalue weighted by molar-refractivity contribution is 6.30. The van der Waals surface area contributed by atoms with E-state index < -0.39 is 0 Å². The van der Waals surface area contributed by atoms with Crippen LogP contribution in [0, 0.1) is 5.92 Å². The third kappa shape index (κ3) is 3.51. The van der Waals surface area contributed by atoms with Gasteiger partial charge in [-0.05, 0) is 24.6 Å². The summed E-state index contributed by atoms with van der Waals surface area (Å²) in [5.41, 5.74) is 0.756. The standard InChI is InChI=1S/C17H21ClN2O3/c1-2-15-11-19(6-7-23-15)17(22)12-8-16(21)20(10-12)14-5-3-4-13(18)9-14/h3-5,9,12,15H,2,6-8,10-11H2,1H3. The van der Waals surface area contributed by atoms with Crippen LogP contribution in [0.1, 0.15) is 19.8 Å². The van der Waals surface area contributed by atoms with Gasteiger partial charge in [-0.25, -0.2) is 0 Å². The van der Waals surface area contributed by atoms with Crippen LogP contribution in [0.15, 0.2) is 24.3 Å². The summed E-state index contributed by atoms with van der Waals surface area (Å²) >= 11 is 6.00. The summed E-state index contributed by atoms with van der Waals surface area (Å²) in [4.78, 5) is 28.5. The Morgan fingerprint density at radius 1 is 1.39 bits per heavy atom. The summed E-state index contributed by atoms with van der Waals surface area (Å²) in [5, 5.41) is 0.587. The molecule has 0 N–H and O–H groups in total. The fourth-order valence-electron chi connectivity index (χ4n) is 3.19. The van der Waals surface area contributed by atoms with E-state index in [-0.39, 0.29) is 30.3 Å². The van der Waals surface area contributed by atoms with E-state index >= 15 is 0 Å². The number of hydrogen-bond acceptors (Lipinski definition) is 3. The van der Waals surface area contributed by atoms with Crippen LogP contribution in [-0.2, 0) is 14.3 Å². The normalized spacial score (nSPS) is 25.0. The maximum atomic E-state index is 12.7. The molecule has 2 aliphatic rings. The first-order valence-corrected chi connectivity index (χ1v) is 8.42. The lowest BCUT2D eigenvalue weighted by molar-refractivity contribution is -0.143. The number of ether oxygens (including phenoxy) is 1. The van der Waals surface area contributed by atoms with Gasteiger partial charge < -0.3 is 14.5 Å². The van der Waals surface area contributed by atoms with Crippen LogP contribution < -0.4 is 4.90 Å². The monoisotopic (exact) mass is 336 g/mol. The fraction of sp³-hybridized carbons (Fsp3) is 0.529. The second-order valence-corrected chi connectivity index (χ2v) is 6.51. The van der Waals surface area contributed by atoms with Crippen molar-refractivity contribution in [2.75, 3.05) is 31.1 Å². The second kappa shape index (κ2) is 6.89. The fourth-order valence-corrected chi connectivity index (χ4v) is 3.38. The van der Waals surface area contributed by atoms with Gasteiger partial charge in [-0.1, -0.05) is 24.6 Å². The largest absolute Gasteiger partial charge is 0.375 e. The number of morpholine rings is 1. The first kappa shape index (κ1) is 16.3.